The van der Waals surface area contributed by atoms with E-state index in [0.717, 1.165) is 10.9 Å². The molecule has 2 rings (SSSR count). The van der Waals surface area contributed by atoms with E-state index in [2.05, 4.69) is 4.98 Å². The monoisotopic (exact) mass is 234 g/mol. The van der Waals surface area contributed by atoms with Crippen molar-refractivity contribution in [3.05, 3.63) is 36.0 Å². The lowest BCUT2D eigenvalue weighted by Crippen LogP contribution is -2.42. The Kier molecular flexibility index (Phi) is 2.74. The third-order valence-electron chi connectivity index (χ3n) is 3.48. The van der Waals surface area contributed by atoms with Gasteiger partial charge in [-0.05, 0) is 29.1 Å². The van der Waals surface area contributed by atoms with Crippen LogP contribution in [0.15, 0.2) is 30.5 Å². The number of fused-ring (bicyclic) bond motifs is 1. The van der Waals surface area contributed by atoms with Crippen LogP contribution in [-0.2, 0) is 5.67 Å². The fourth-order valence-electron chi connectivity index (χ4n) is 2.16. The van der Waals surface area contributed by atoms with Crippen molar-refractivity contribution in [2.24, 2.45) is 11.1 Å². The molecule has 0 radical (unpaired) electrons. The summed E-state index contributed by atoms with van der Waals surface area (Å²) in [6.07, 6.45) is 1.86. The van der Waals surface area contributed by atoms with Gasteiger partial charge in [0.25, 0.3) is 0 Å². The molecule has 0 spiro atoms. The first-order valence-corrected chi connectivity index (χ1v) is 5.85. The first-order chi connectivity index (χ1) is 7.88. The average molecular weight is 234 g/mol. The number of hydrogen-bond donors (Lipinski definition) is 2. The molecule has 0 aliphatic rings. The van der Waals surface area contributed by atoms with Crippen LogP contribution in [-0.4, -0.2) is 11.5 Å². The third kappa shape index (κ3) is 1.84. The van der Waals surface area contributed by atoms with E-state index in [0.29, 0.717) is 5.56 Å². The zero-order chi connectivity index (χ0) is 12.7. The molecule has 92 valence electrons. The molecule has 0 saturated carbocycles. The molecule has 3 heteroatoms. The molecule has 0 fully saturated rings. The van der Waals surface area contributed by atoms with Crippen molar-refractivity contribution < 1.29 is 4.39 Å². The predicted molar refractivity (Wildman–Crippen MR) is 69.6 cm³/mol. The number of halogens is 1. The maximum absolute atomic E-state index is 15.1. The summed E-state index contributed by atoms with van der Waals surface area (Å²) in [4.78, 5) is 3.10. The Morgan fingerprint density at radius 3 is 2.53 bits per heavy atom. The topological polar surface area (TPSA) is 41.8 Å². The second-order valence-corrected chi connectivity index (χ2v) is 5.53. The second kappa shape index (κ2) is 3.84. The lowest BCUT2D eigenvalue weighted by atomic mass is 9.73. The van der Waals surface area contributed by atoms with Gasteiger partial charge in [0, 0.05) is 23.7 Å². The molecule has 1 aromatic carbocycles. The maximum atomic E-state index is 15.1. The Labute approximate surface area is 101 Å². The molecule has 0 saturated heterocycles. The van der Waals surface area contributed by atoms with Gasteiger partial charge < -0.3 is 10.7 Å². The predicted octanol–water partition coefficient (Wildman–Crippen LogP) is 3.34. The third-order valence-corrected chi connectivity index (χ3v) is 3.48. The molecule has 17 heavy (non-hydrogen) atoms. The van der Waals surface area contributed by atoms with Crippen molar-refractivity contribution in [3.63, 3.8) is 0 Å². The van der Waals surface area contributed by atoms with Gasteiger partial charge in [-0.1, -0.05) is 26.8 Å². The number of alkyl halides is 1. The molecular formula is C14H19FN2. The zero-order valence-electron chi connectivity index (χ0n) is 10.5. The normalized spacial score (nSPS) is 16.1. The molecule has 1 aromatic heterocycles. The summed E-state index contributed by atoms with van der Waals surface area (Å²) in [6, 6.07) is 7.54. The standard InChI is InChI=1S/C14H19FN2/c1-13(2,3)14(15,9-16)11-4-5-12-10(8-11)6-7-17-12/h4-8,17H,9,16H2,1-3H3. The quantitative estimate of drug-likeness (QED) is 0.822. The van der Waals surface area contributed by atoms with Crippen LogP contribution < -0.4 is 5.73 Å². The van der Waals surface area contributed by atoms with Gasteiger partial charge in [-0.25, -0.2) is 4.39 Å². The molecule has 0 amide bonds. The number of H-pyrrole nitrogens is 1. The van der Waals surface area contributed by atoms with Gasteiger partial charge in [-0.2, -0.15) is 0 Å². The van der Waals surface area contributed by atoms with Gasteiger partial charge in [0.1, 0.15) is 0 Å². The summed E-state index contributed by atoms with van der Waals surface area (Å²) < 4.78 is 15.1. The Balaban J connectivity index is 2.57. The van der Waals surface area contributed by atoms with E-state index < -0.39 is 11.1 Å². The summed E-state index contributed by atoms with van der Waals surface area (Å²) in [5.41, 5.74) is 5.31. The minimum absolute atomic E-state index is 0.00751. The highest BCUT2D eigenvalue weighted by Gasteiger charge is 2.42. The highest BCUT2D eigenvalue weighted by molar-refractivity contribution is 5.80. The van der Waals surface area contributed by atoms with Gasteiger partial charge in [0.2, 0.25) is 0 Å². The molecule has 0 bridgehead atoms. The number of aromatic nitrogens is 1. The molecule has 1 unspecified atom stereocenters. The molecule has 0 aliphatic carbocycles. The lowest BCUT2D eigenvalue weighted by Gasteiger charge is -2.37. The van der Waals surface area contributed by atoms with Gasteiger partial charge in [-0.15, -0.1) is 0 Å². The number of rotatable bonds is 2. The minimum Gasteiger partial charge on any atom is -0.361 e. The maximum Gasteiger partial charge on any atom is 0.152 e. The fourth-order valence-corrected chi connectivity index (χ4v) is 2.16. The molecule has 1 heterocycles. The van der Waals surface area contributed by atoms with Gasteiger partial charge in [0.15, 0.2) is 5.67 Å². The number of benzene rings is 1. The SMILES string of the molecule is CC(C)(C)C(F)(CN)c1ccc2[nH]ccc2c1. The fraction of sp³-hybridized carbons (Fsp3) is 0.429. The first kappa shape index (κ1) is 12.1. The van der Waals surface area contributed by atoms with Crippen LogP contribution in [0.2, 0.25) is 0 Å². The summed E-state index contributed by atoms with van der Waals surface area (Å²) in [7, 11) is 0. The van der Waals surface area contributed by atoms with E-state index in [-0.39, 0.29) is 6.54 Å². The molecule has 2 nitrogen and oxygen atoms in total. The number of hydrogen-bond acceptors (Lipinski definition) is 1. The highest BCUT2D eigenvalue weighted by Crippen LogP contribution is 2.42. The minimum atomic E-state index is -1.50. The number of aromatic amines is 1. The van der Waals surface area contributed by atoms with Gasteiger partial charge in [-0.3, -0.25) is 0 Å². The highest BCUT2D eigenvalue weighted by atomic mass is 19.1. The van der Waals surface area contributed by atoms with E-state index in [1.54, 1.807) is 0 Å². The van der Waals surface area contributed by atoms with Gasteiger partial charge >= 0.3 is 0 Å². The lowest BCUT2D eigenvalue weighted by molar-refractivity contribution is 0.0344. The van der Waals surface area contributed by atoms with Crippen LogP contribution >= 0.6 is 0 Å². The molecule has 0 aliphatic heterocycles. The van der Waals surface area contributed by atoms with Crippen LogP contribution in [0.5, 0.6) is 0 Å². The first-order valence-electron chi connectivity index (χ1n) is 5.85. The van der Waals surface area contributed by atoms with Crippen LogP contribution in [0.1, 0.15) is 26.3 Å². The summed E-state index contributed by atoms with van der Waals surface area (Å²) in [6.45, 7) is 5.62. The van der Waals surface area contributed by atoms with Crippen molar-refractivity contribution in [2.75, 3.05) is 6.54 Å². The Morgan fingerprint density at radius 1 is 1.24 bits per heavy atom. The van der Waals surface area contributed by atoms with Crippen molar-refractivity contribution in [2.45, 2.75) is 26.4 Å². The van der Waals surface area contributed by atoms with Crippen molar-refractivity contribution in [1.29, 1.82) is 0 Å². The van der Waals surface area contributed by atoms with Crippen LogP contribution in [0.4, 0.5) is 4.39 Å². The largest absolute Gasteiger partial charge is 0.361 e. The Morgan fingerprint density at radius 2 is 1.94 bits per heavy atom. The molecular weight excluding hydrogens is 215 g/mol. The van der Waals surface area contributed by atoms with E-state index in [9.17, 15) is 0 Å². The van der Waals surface area contributed by atoms with Crippen LogP contribution in [0.25, 0.3) is 10.9 Å². The van der Waals surface area contributed by atoms with Gasteiger partial charge in [0.05, 0.1) is 0 Å². The second-order valence-electron chi connectivity index (χ2n) is 5.53. The van der Waals surface area contributed by atoms with Crippen LogP contribution in [0.3, 0.4) is 0 Å². The molecule has 1 atom stereocenters. The van der Waals surface area contributed by atoms with Crippen molar-refractivity contribution in [1.82, 2.24) is 4.98 Å². The van der Waals surface area contributed by atoms with E-state index in [1.165, 1.54) is 0 Å². The van der Waals surface area contributed by atoms with Crippen molar-refractivity contribution in [3.8, 4) is 0 Å². The zero-order valence-corrected chi connectivity index (χ0v) is 10.5. The van der Waals surface area contributed by atoms with Crippen LogP contribution in [0, 0.1) is 5.41 Å². The summed E-state index contributed by atoms with van der Waals surface area (Å²) in [5.74, 6) is 0. The number of nitrogens with two attached hydrogens (primary N) is 1. The number of nitrogens with one attached hydrogen (secondary N) is 1. The molecule has 2 aromatic rings. The van der Waals surface area contributed by atoms with Crippen molar-refractivity contribution >= 4 is 10.9 Å². The smallest absolute Gasteiger partial charge is 0.152 e. The Bertz CT molecular complexity index is 524. The Hall–Kier alpha value is -1.35. The molecule has 3 N–H and O–H groups in total. The van der Waals surface area contributed by atoms with E-state index in [1.807, 2.05) is 51.2 Å². The van der Waals surface area contributed by atoms with E-state index in [4.69, 9.17) is 5.73 Å². The summed E-state index contributed by atoms with van der Waals surface area (Å²) >= 11 is 0. The van der Waals surface area contributed by atoms with E-state index >= 15 is 4.39 Å². The average Bonchev–Trinajstić information content (AvgIpc) is 2.73. The summed E-state index contributed by atoms with van der Waals surface area (Å²) in [5, 5.41) is 1.02.